The van der Waals surface area contributed by atoms with Gasteiger partial charge < -0.3 is 9.47 Å². The predicted molar refractivity (Wildman–Crippen MR) is 56.5 cm³/mol. The monoisotopic (exact) mass is 212 g/mol. The SMILES string of the molecule is CCOC(=O)C1(CC2CCCCC2)CO1. The van der Waals surface area contributed by atoms with Crippen LogP contribution in [-0.4, -0.2) is 24.8 Å². The van der Waals surface area contributed by atoms with Gasteiger partial charge in [0.05, 0.1) is 13.2 Å². The molecule has 3 heteroatoms. The van der Waals surface area contributed by atoms with Crippen LogP contribution in [-0.2, 0) is 14.3 Å². The summed E-state index contributed by atoms with van der Waals surface area (Å²) in [5.74, 6) is 0.529. The average molecular weight is 212 g/mol. The molecule has 1 saturated carbocycles. The van der Waals surface area contributed by atoms with E-state index in [0.29, 0.717) is 19.1 Å². The highest BCUT2D eigenvalue weighted by Crippen LogP contribution is 2.40. The van der Waals surface area contributed by atoms with Crippen LogP contribution in [0.1, 0.15) is 45.4 Å². The summed E-state index contributed by atoms with van der Waals surface area (Å²) < 4.78 is 10.4. The number of hydrogen-bond donors (Lipinski definition) is 0. The van der Waals surface area contributed by atoms with E-state index in [0.717, 1.165) is 6.42 Å². The lowest BCUT2D eigenvalue weighted by Gasteiger charge is -2.23. The molecular weight excluding hydrogens is 192 g/mol. The first-order chi connectivity index (χ1) is 7.27. The van der Waals surface area contributed by atoms with Gasteiger partial charge in [-0.1, -0.05) is 32.1 Å². The Balaban J connectivity index is 1.84. The van der Waals surface area contributed by atoms with Crippen molar-refractivity contribution in [2.75, 3.05) is 13.2 Å². The fourth-order valence-corrected chi connectivity index (χ4v) is 2.53. The summed E-state index contributed by atoms with van der Waals surface area (Å²) in [5, 5.41) is 0. The van der Waals surface area contributed by atoms with Gasteiger partial charge in [0.2, 0.25) is 0 Å². The van der Waals surface area contributed by atoms with Gasteiger partial charge in [0.25, 0.3) is 0 Å². The van der Waals surface area contributed by atoms with E-state index in [1.807, 2.05) is 6.92 Å². The maximum atomic E-state index is 11.7. The summed E-state index contributed by atoms with van der Waals surface area (Å²) in [7, 11) is 0. The van der Waals surface area contributed by atoms with E-state index in [-0.39, 0.29) is 5.97 Å². The number of hydrogen-bond acceptors (Lipinski definition) is 3. The van der Waals surface area contributed by atoms with Crippen LogP contribution in [0.5, 0.6) is 0 Å². The third kappa shape index (κ3) is 2.51. The van der Waals surface area contributed by atoms with Crippen molar-refractivity contribution in [1.82, 2.24) is 0 Å². The molecule has 0 radical (unpaired) electrons. The normalized spacial score (nSPS) is 31.3. The van der Waals surface area contributed by atoms with Gasteiger partial charge in [0, 0.05) is 0 Å². The molecule has 0 bridgehead atoms. The average Bonchev–Trinajstić information content (AvgIpc) is 3.01. The minimum Gasteiger partial charge on any atom is -0.464 e. The van der Waals surface area contributed by atoms with Crippen LogP contribution in [0.25, 0.3) is 0 Å². The largest absolute Gasteiger partial charge is 0.464 e. The van der Waals surface area contributed by atoms with E-state index < -0.39 is 5.60 Å². The second-order valence-corrected chi connectivity index (χ2v) is 4.71. The second-order valence-electron chi connectivity index (χ2n) is 4.71. The zero-order valence-corrected chi connectivity index (χ0v) is 9.46. The van der Waals surface area contributed by atoms with Crippen LogP contribution in [0.2, 0.25) is 0 Å². The zero-order chi connectivity index (χ0) is 10.7. The number of epoxide rings is 1. The highest BCUT2D eigenvalue weighted by molar-refractivity contribution is 5.82. The Kier molecular flexibility index (Phi) is 3.29. The molecular formula is C12H20O3. The molecule has 0 spiro atoms. The van der Waals surface area contributed by atoms with E-state index in [1.54, 1.807) is 0 Å². The molecule has 0 aromatic rings. The third-order valence-electron chi connectivity index (χ3n) is 3.48. The topological polar surface area (TPSA) is 38.8 Å². The van der Waals surface area contributed by atoms with Crippen molar-refractivity contribution in [3.8, 4) is 0 Å². The zero-order valence-electron chi connectivity index (χ0n) is 9.46. The van der Waals surface area contributed by atoms with Gasteiger partial charge in [-0.2, -0.15) is 0 Å². The van der Waals surface area contributed by atoms with Crippen molar-refractivity contribution in [1.29, 1.82) is 0 Å². The van der Waals surface area contributed by atoms with Gasteiger partial charge in [-0.15, -0.1) is 0 Å². The van der Waals surface area contributed by atoms with Gasteiger partial charge in [0.1, 0.15) is 0 Å². The first-order valence-corrected chi connectivity index (χ1v) is 6.08. The highest BCUT2D eigenvalue weighted by Gasteiger charge is 2.54. The molecule has 2 rings (SSSR count). The number of carbonyl (C=O) groups is 1. The van der Waals surface area contributed by atoms with Crippen LogP contribution < -0.4 is 0 Å². The van der Waals surface area contributed by atoms with Crippen LogP contribution >= 0.6 is 0 Å². The lowest BCUT2D eigenvalue weighted by Crippen LogP contribution is -2.30. The smallest absolute Gasteiger partial charge is 0.340 e. The molecule has 2 fully saturated rings. The van der Waals surface area contributed by atoms with Crippen molar-refractivity contribution in [2.45, 2.75) is 51.0 Å². The highest BCUT2D eigenvalue weighted by atomic mass is 16.6. The molecule has 1 saturated heterocycles. The van der Waals surface area contributed by atoms with Crippen LogP contribution in [0, 0.1) is 5.92 Å². The molecule has 86 valence electrons. The Labute approximate surface area is 91.1 Å². The predicted octanol–water partition coefficient (Wildman–Crippen LogP) is 2.29. The van der Waals surface area contributed by atoms with Crippen molar-refractivity contribution < 1.29 is 14.3 Å². The fourth-order valence-electron chi connectivity index (χ4n) is 2.53. The van der Waals surface area contributed by atoms with Crippen molar-refractivity contribution in [3.63, 3.8) is 0 Å². The summed E-state index contributed by atoms with van der Waals surface area (Å²) in [6.07, 6.45) is 7.36. The molecule has 0 aromatic heterocycles. The fraction of sp³-hybridized carbons (Fsp3) is 0.917. The van der Waals surface area contributed by atoms with Gasteiger partial charge >= 0.3 is 5.97 Å². The van der Waals surface area contributed by atoms with Crippen LogP contribution in [0.3, 0.4) is 0 Å². The molecule has 1 heterocycles. The van der Waals surface area contributed by atoms with Gasteiger partial charge in [0.15, 0.2) is 5.60 Å². The van der Waals surface area contributed by atoms with E-state index >= 15 is 0 Å². The summed E-state index contributed by atoms with van der Waals surface area (Å²) in [6.45, 7) is 2.87. The maximum Gasteiger partial charge on any atom is 0.340 e. The molecule has 1 atom stereocenters. The van der Waals surface area contributed by atoms with Crippen molar-refractivity contribution >= 4 is 5.97 Å². The molecule has 3 nitrogen and oxygen atoms in total. The van der Waals surface area contributed by atoms with E-state index in [2.05, 4.69) is 0 Å². The van der Waals surface area contributed by atoms with Crippen molar-refractivity contribution in [3.05, 3.63) is 0 Å². The summed E-state index contributed by atoms with van der Waals surface area (Å²) in [6, 6.07) is 0. The molecule has 1 aliphatic carbocycles. The molecule has 1 unspecified atom stereocenters. The molecule has 1 aliphatic heterocycles. The maximum absolute atomic E-state index is 11.7. The van der Waals surface area contributed by atoms with Crippen molar-refractivity contribution in [2.24, 2.45) is 5.92 Å². The minimum atomic E-state index is -0.544. The van der Waals surface area contributed by atoms with E-state index in [9.17, 15) is 4.79 Å². The molecule has 0 aromatic carbocycles. The van der Waals surface area contributed by atoms with Gasteiger partial charge in [-0.3, -0.25) is 0 Å². The Morgan fingerprint density at radius 1 is 1.40 bits per heavy atom. The lowest BCUT2D eigenvalue weighted by atomic mass is 9.83. The van der Waals surface area contributed by atoms with Gasteiger partial charge in [-0.05, 0) is 19.3 Å². The Hall–Kier alpha value is -0.570. The summed E-state index contributed by atoms with van der Waals surface area (Å²) in [4.78, 5) is 11.7. The second kappa shape index (κ2) is 4.52. The number of ether oxygens (including phenoxy) is 2. The molecule has 15 heavy (non-hydrogen) atoms. The lowest BCUT2D eigenvalue weighted by molar-refractivity contribution is -0.150. The standard InChI is InChI=1S/C12H20O3/c1-2-14-11(13)12(9-15-12)8-10-6-4-3-5-7-10/h10H,2-9H2,1H3. The van der Waals surface area contributed by atoms with E-state index in [1.165, 1.54) is 32.1 Å². The van der Waals surface area contributed by atoms with Crippen LogP contribution in [0.4, 0.5) is 0 Å². The minimum absolute atomic E-state index is 0.143. The molecule has 0 amide bonds. The summed E-state index contributed by atoms with van der Waals surface area (Å²) >= 11 is 0. The third-order valence-corrected chi connectivity index (χ3v) is 3.48. The summed E-state index contributed by atoms with van der Waals surface area (Å²) in [5.41, 5.74) is -0.544. The number of rotatable bonds is 4. The number of carbonyl (C=O) groups excluding carboxylic acids is 1. The van der Waals surface area contributed by atoms with Crippen LogP contribution in [0.15, 0.2) is 0 Å². The Morgan fingerprint density at radius 3 is 2.60 bits per heavy atom. The Morgan fingerprint density at radius 2 is 2.07 bits per heavy atom. The first-order valence-electron chi connectivity index (χ1n) is 6.08. The molecule has 0 N–H and O–H groups in total. The van der Waals surface area contributed by atoms with E-state index in [4.69, 9.17) is 9.47 Å². The molecule has 2 aliphatic rings. The van der Waals surface area contributed by atoms with Gasteiger partial charge in [-0.25, -0.2) is 4.79 Å². The first kappa shape index (κ1) is 10.9. The number of esters is 1. The quantitative estimate of drug-likeness (QED) is 0.530. The Bertz CT molecular complexity index is 227.